The quantitative estimate of drug-likeness (QED) is 0.514. The number of hydrogen-bond donors (Lipinski definition) is 2. The zero-order valence-electron chi connectivity index (χ0n) is 16.0. The van der Waals surface area contributed by atoms with Crippen molar-refractivity contribution in [1.29, 1.82) is 0 Å². The molecule has 0 amide bonds. The molecule has 2 heterocycles. The zero-order chi connectivity index (χ0) is 20.9. The molecule has 1 aliphatic heterocycles. The molecule has 0 spiro atoms. The van der Waals surface area contributed by atoms with Crippen molar-refractivity contribution in [2.45, 2.75) is 37.9 Å². The molecule has 1 fully saturated rings. The van der Waals surface area contributed by atoms with Crippen molar-refractivity contribution in [3.05, 3.63) is 11.1 Å². The Morgan fingerprint density at radius 1 is 1.39 bits per heavy atom. The lowest BCUT2D eigenvalue weighted by Crippen LogP contribution is -2.51. The summed E-state index contributed by atoms with van der Waals surface area (Å²) in [5, 5.41) is 9.05. The minimum atomic E-state index is -5.26. The Hall–Kier alpha value is -1.60. The minimum Gasteiger partial charge on any atom is -0.357 e. The minimum absolute atomic E-state index is 0.162. The first-order chi connectivity index (χ1) is 13.0. The van der Waals surface area contributed by atoms with Crippen molar-refractivity contribution in [2.24, 2.45) is 4.99 Å². The molecule has 0 saturated carbocycles. The number of alkyl halides is 3. The number of hydrogen-bond acceptors (Lipinski definition) is 6. The fourth-order valence-corrected chi connectivity index (χ4v) is 4.37. The van der Waals surface area contributed by atoms with Crippen molar-refractivity contribution < 1.29 is 21.6 Å². The van der Waals surface area contributed by atoms with Gasteiger partial charge in [0.2, 0.25) is 0 Å². The van der Waals surface area contributed by atoms with Gasteiger partial charge in [-0.25, -0.2) is 18.4 Å². The van der Waals surface area contributed by atoms with Crippen LogP contribution in [0.25, 0.3) is 0 Å². The van der Waals surface area contributed by atoms with Gasteiger partial charge in [0.25, 0.3) is 0 Å². The summed E-state index contributed by atoms with van der Waals surface area (Å²) in [6.45, 7) is 2.52. The van der Waals surface area contributed by atoms with Gasteiger partial charge >= 0.3 is 15.5 Å². The summed E-state index contributed by atoms with van der Waals surface area (Å²) in [7, 11) is -1.45. The second kappa shape index (κ2) is 9.27. The molecule has 160 valence electrons. The van der Waals surface area contributed by atoms with Gasteiger partial charge in [-0.2, -0.15) is 17.5 Å². The lowest BCUT2D eigenvalue weighted by Gasteiger charge is -2.32. The number of piperidine rings is 1. The van der Waals surface area contributed by atoms with E-state index < -0.39 is 15.5 Å². The average Bonchev–Trinajstić information content (AvgIpc) is 3.09. The number of aromatic nitrogens is 1. The maximum absolute atomic E-state index is 12.7. The molecule has 28 heavy (non-hydrogen) atoms. The van der Waals surface area contributed by atoms with Crippen LogP contribution in [0.3, 0.4) is 0 Å². The van der Waals surface area contributed by atoms with Gasteiger partial charge in [-0.1, -0.05) is 0 Å². The molecule has 1 aromatic heterocycles. The summed E-state index contributed by atoms with van der Waals surface area (Å²) in [4.78, 5) is 10.8. The molecule has 1 saturated heterocycles. The first kappa shape index (κ1) is 22.7. The lowest BCUT2D eigenvalue weighted by atomic mass is 10.1. The summed E-state index contributed by atoms with van der Waals surface area (Å²) < 4.78 is 61.4. The van der Waals surface area contributed by atoms with Gasteiger partial charge in [-0.3, -0.25) is 0 Å². The van der Waals surface area contributed by atoms with Gasteiger partial charge < -0.3 is 15.5 Å². The zero-order valence-corrected chi connectivity index (χ0v) is 17.6. The van der Waals surface area contributed by atoms with Gasteiger partial charge in [0.15, 0.2) is 11.1 Å². The number of rotatable bonds is 6. The van der Waals surface area contributed by atoms with E-state index in [0.717, 1.165) is 10.8 Å². The van der Waals surface area contributed by atoms with Crippen LogP contribution in [0.4, 0.5) is 18.3 Å². The summed E-state index contributed by atoms with van der Waals surface area (Å²) in [6.07, 6.45) is 0.530. The fourth-order valence-electron chi connectivity index (χ4n) is 2.63. The molecule has 0 bridgehead atoms. The molecule has 0 unspecified atom stereocenters. The third kappa shape index (κ3) is 5.70. The molecule has 0 aliphatic carbocycles. The Balaban J connectivity index is 1.94. The number of nitrogens with zero attached hydrogens (tertiary/aromatic N) is 4. The Kier molecular flexibility index (Phi) is 7.51. The van der Waals surface area contributed by atoms with Gasteiger partial charge in [0.1, 0.15) is 0 Å². The SMILES string of the molecule is CCNC(=NCc1csc(N(C)C)n1)NC1CCN(S(=O)(=O)C(F)(F)F)CC1. The molecule has 1 aliphatic rings. The Morgan fingerprint density at radius 3 is 2.54 bits per heavy atom. The molecule has 0 atom stereocenters. The Morgan fingerprint density at radius 2 is 2.04 bits per heavy atom. The van der Waals surface area contributed by atoms with Crippen molar-refractivity contribution >= 4 is 32.5 Å². The predicted octanol–water partition coefficient (Wildman–Crippen LogP) is 1.58. The average molecular weight is 443 g/mol. The molecule has 2 rings (SSSR count). The highest BCUT2D eigenvalue weighted by Gasteiger charge is 2.50. The number of nitrogens with one attached hydrogen (secondary N) is 2. The summed E-state index contributed by atoms with van der Waals surface area (Å²) in [5.41, 5.74) is -4.44. The largest absolute Gasteiger partial charge is 0.511 e. The summed E-state index contributed by atoms with van der Waals surface area (Å²) in [5.74, 6) is 0.527. The van der Waals surface area contributed by atoms with Crippen LogP contribution < -0.4 is 15.5 Å². The number of sulfonamides is 1. The first-order valence-electron chi connectivity index (χ1n) is 8.77. The number of halogens is 3. The van der Waals surface area contributed by atoms with E-state index >= 15 is 0 Å². The van der Waals surface area contributed by atoms with Crippen LogP contribution in [0.2, 0.25) is 0 Å². The molecule has 8 nitrogen and oxygen atoms in total. The Labute approximate surface area is 166 Å². The molecule has 13 heteroatoms. The first-order valence-corrected chi connectivity index (χ1v) is 11.1. The van der Waals surface area contributed by atoms with Gasteiger partial charge in [-0.05, 0) is 19.8 Å². The van der Waals surface area contributed by atoms with Crippen LogP contribution in [0, 0.1) is 0 Å². The van der Waals surface area contributed by atoms with Crippen LogP contribution in [0.1, 0.15) is 25.5 Å². The van der Waals surface area contributed by atoms with Crippen LogP contribution in [-0.2, 0) is 16.6 Å². The normalized spacial score (nSPS) is 17.6. The van der Waals surface area contributed by atoms with Crippen molar-refractivity contribution in [2.75, 3.05) is 38.6 Å². The third-order valence-corrected chi connectivity index (χ3v) is 6.78. The number of anilines is 1. The molecule has 1 aromatic rings. The lowest BCUT2D eigenvalue weighted by molar-refractivity contribution is -0.0494. The number of aliphatic imine (C=N–C) groups is 1. The monoisotopic (exact) mass is 442 g/mol. The third-order valence-electron chi connectivity index (χ3n) is 4.09. The maximum atomic E-state index is 12.7. The van der Waals surface area contributed by atoms with Crippen LogP contribution >= 0.6 is 11.3 Å². The Bertz CT molecular complexity index is 771. The van der Waals surface area contributed by atoms with E-state index in [1.807, 2.05) is 31.3 Å². The van der Waals surface area contributed by atoms with Crippen molar-refractivity contribution in [3.63, 3.8) is 0 Å². The smallest absolute Gasteiger partial charge is 0.357 e. The fraction of sp³-hybridized carbons (Fsp3) is 0.733. The standard InChI is InChI=1S/C15H25F3N6O2S2/c1-4-19-13(20-9-12-10-27-14(22-12)23(2)3)21-11-5-7-24(8-6-11)28(25,26)15(16,17)18/h10-11H,4-9H2,1-3H3,(H2,19,20,21). The van der Waals surface area contributed by atoms with E-state index in [2.05, 4.69) is 20.6 Å². The van der Waals surface area contributed by atoms with Crippen LogP contribution in [0.5, 0.6) is 0 Å². The van der Waals surface area contributed by atoms with E-state index in [-0.39, 0.29) is 32.0 Å². The second-order valence-electron chi connectivity index (χ2n) is 6.48. The number of thiazole rings is 1. The molecule has 2 N–H and O–H groups in total. The van der Waals surface area contributed by atoms with E-state index in [1.165, 1.54) is 11.3 Å². The second-order valence-corrected chi connectivity index (χ2v) is 9.25. The summed E-state index contributed by atoms with van der Waals surface area (Å²) >= 11 is 1.51. The summed E-state index contributed by atoms with van der Waals surface area (Å²) in [6, 6.07) is -0.162. The van der Waals surface area contributed by atoms with Crippen LogP contribution in [-0.4, -0.2) is 68.9 Å². The maximum Gasteiger partial charge on any atom is 0.511 e. The highest BCUT2D eigenvalue weighted by molar-refractivity contribution is 7.90. The van der Waals surface area contributed by atoms with E-state index in [9.17, 15) is 21.6 Å². The van der Waals surface area contributed by atoms with Crippen molar-refractivity contribution in [1.82, 2.24) is 19.9 Å². The molecular formula is C15H25F3N6O2S2. The number of guanidine groups is 1. The highest BCUT2D eigenvalue weighted by Crippen LogP contribution is 2.29. The topological polar surface area (TPSA) is 89.9 Å². The van der Waals surface area contributed by atoms with Gasteiger partial charge in [0.05, 0.1) is 12.2 Å². The van der Waals surface area contributed by atoms with Gasteiger partial charge in [0, 0.05) is 45.2 Å². The van der Waals surface area contributed by atoms with E-state index in [4.69, 9.17) is 0 Å². The van der Waals surface area contributed by atoms with Crippen LogP contribution in [0.15, 0.2) is 10.4 Å². The highest BCUT2D eigenvalue weighted by atomic mass is 32.2. The van der Waals surface area contributed by atoms with Gasteiger partial charge in [-0.15, -0.1) is 11.3 Å². The molecule has 0 aromatic carbocycles. The molecular weight excluding hydrogens is 417 g/mol. The molecule has 0 radical (unpaired) electrons. The van der Waals surface area contributed by atoms with E-state index in [0.29, 0.717) is 23.4 Å². The van der Waals surface area contributed by atoms with E-state index in [1.54, 1.807) is 0 Å². The predicted molar refractivity (Wildman–Crippen MR) is 104 cm³/mol. The van der Waals surface area contributed by atoms with Crippen molar-refractivity contribution in [3.8, 4) is 0 Å².